The Morgan fingerprint density at radius 1 is 1.37 bits per heavy atom. The molecule has 1 fully saturated rings. The molecule has 4 heteroatoms. The Balaban J connectivity index is 1.73. The zero-order chi connectivity index (χ0) is 13.9. The first kappa shape index (κ1) is 14.2. The van der Waals surface area contributed by atoms with Gasteiger partial charge in [-0.3, -0.25) is 0 Å². The Morgan fingerprint density at radius 2 is 2.05 bits per heavy atom. The Morgan fingerprint density at radius 3 is 2.63 bits per heavy atom. The summed E-state index contributed by atoms with van der Waals surface area (Å²) in [4.78, 5) is 2.30. The average molecular weight is 264 g/mol. The number of nitrogens with two attached hydrogens (primary N) is 1. The number of aliphatic hydroxyl groups excluding tert-OH is 1. The summed E-state index contributed by atoms with van der Waals surface area (Å²) >= 11 is 0. The lowest BCUT2D eigenvalue weighted by atomic mass is 9.93. The molecule has 19 heavy (non-hydrogen) atoms. The average Bonchev–Trinajstić information content (AvgIpc) is 2.68. The van der Waals surface area contributed by atoms with Gasteiger partial charge < -0.3 is 20.5 Å². The molecule has 0 bridgehead atoms. The van der Waals surface area contributed by atoms with Crippen LogP contribution in [0, 0.1) is 5.41 Å². The Hall–Kier alpha value is -1.26. The van der Waals surface area contributed by atoms with Gasteiger partial charge >= 0.3 is 0 Å². The quantitative estimate of drug-likeness (QED) is 0.795. The summed E-state index contributed by atoms with van der Waals surface area (Å²) in [6.07, 6.45) is 0.741. The maximum absolute atomic E-state index is 10.0. The van der Waals surface area contributed by atoms with Crippen molar-refractivity contribution >= 4 is 5.69 Å². The molecular weight excluding hydrogens is 240 g/mol. The van der Waals surface area contributed by atoms with Gasteiger partial charge in [0.05, 0.1) is 0 Å². The second-order valence-electron chi connectivity index (χ2n) is 6.18. The van der Waals surface area contributed by atoms with Gasteiger partial charge in [-0.1, -0.05) is 13.8 Å². The van der Waals surface area contributed by atoms with Gasteiger partial charge in [-0.25, -0.2) is 0 Å². The van der Waals surface area contributed by atoms with Gasteiger partial charge in [-0.2, -0.15) is 0 Å². The monoisotopic (exact) mass is 264 g/mol. The number of rotatable bonds is 5. The van der Waals surface area contributed by atoms with E-state index in [1.165, 1.54) is 6.42 Å². The number of nitrogens with zero attached hydrogens (tertiary/aromatic N) is 1. The Labute approximate surface area is 115 Å². The van der Waals surface area contributed by atoms with Crippen LogP contribution in [-0.4, -0.2) is 42.4 Å². The van der Waals surface area contributed by atoms with Crippen LogP contribution in [0.3, 0.4) is 0 Å². The van der Waals surface area contributed by atoms with Crippen molar-refractivity contribution in [3.8, 4) is 5.75 Å². The van der Waals surface area contributed by atoms with Crippen molar-refractivity contribution in [1.29, 1.82) is 0 Å². The molecule has 0 radical (unpaired) electrons. The third kappa shape index (κ3) is 4.40. The molecule has 1 atom stereocenters. The van der Waals surface area contributed by atoms with Gasteiger partial charge in [0.15, 0.2) is 0 Å². The van der Waals surface area contributed by atoms with Crippen LogP contribution in [-0.2, 0) is 0 Å². The SMILES string of the molecule is CC1(C)CCN(CC(O)COc2ccc(N)cc2)C1. The number of hydrogen-bond donors (Lipinski definition) is 2. The minimum atomic E-state index is -0.452. The molecule has 1 aromatic carbocycles. The smallest absolute Gasteiger partial charge is 0.119 e. The molecule has 1 heterocycles. The van der Waals surface area contributed by atoms with Crippen molar-refractivity contribution in [3.05, 3.63) is 24.3 Å². The maximum atomic E-state index is 10.0. The second-order valence-corrected chi connectivity index (χ2v) is 6.18. The first-order valence-corrected chi connectivity index (χ1v) is 6.83. The van der Waals surface area contributed by atoms with Crippen LogP contribution in [0.2, 0.25) is 0 Å². The molecule has 106 valence electrons. The standard InChI is InChI=1S/C15H24N2O2/c1-15(2)7-8-17(11-15)9-13(18)10-19-14-5-3-12(16)4-6-14/h3-6,13,18H,7-11,16H2,1-2H3. The normalized spacial score (nSPS) is 20.4. The molecule has 0 amide bonds. The van der Waals surface area contributed by atoms with Crippen LogP contribution in [0.25, 0.3) is 0 Å². The van der Waals surface area contributed by atoms with E-state index in [0.29, 0.717) is 24.3 Å². The number of β-amino-alcohol motifs (C(OH)–C–C–N with tert-alkyl or cyclic N) is 1. The summed E-state index contributed by atoms with van der Waals surface area (Å²) in [6.45, 7) is 7.64. The fourth-order valence-corrected chi connectivity index (χ4v) is 2.49. The minimum absolute atomic E-state index is 0.320. The number of nitrogen functional groups attached to an aromatic ring is 1. The third-order valence-corrected chi connectivity index (χ3v) is 3.55. The zero-order valence-electron chi connectivity index (χ0n) is 11.8. The number of ether oxygens (including phenoxy) is 1. The summed E-state index contributed by atoms with van der Waals surface area (Å²) in [6, 6.07) is 7.23. The van der Waals surface area contributed by atoms with E-state index in [4.69, 9.17) is 10.5 Å². The lowest BCUT2D eigenvalue weighted by molar-refractivity contribution is 0.0730. The predicted molar refractivity (Wildman–Crippen MR) is 77.2 cm³/mol. The van der Waals surface area contributed by atoms with Gasteiger partial charge in [0, 0.05) is 18.8 Å². The maximum Gasteiger partial charge on any atom is 0.119 e. The van der Waals surface area contributed by atoms with Gasteiger partial charge in [0.1, 0.15) is 18.5 Å². The largest absolute Gasteiger partial charge is 0.491 e. The van der Waals surface area contributed by atoms with Crippen LogP contribution in [0.1, 0.15) is 20.3 Å². The molecule has 4 nitrogen and oxygen atoms in total. The molecule has 2 rings (SSSR count). The highest BCUT2D eigenvalue weighted by atomic mass is 16.5. The van der Waals surface area contributed by atoms with E-state index in [-0.39, 0.29) is 0 Å². The van der Waals surface area contributed by atoms with E-state index < -0.39 is 6.10 Å². The Kier molecular flexibility index (Phi) is 4.32. The van der Waals surface area contributed by atoms with E-state index >= 15 is 0 Å². The molecule has 1 aromatic rings. The van der Waals surface area contributed by atoms with Crippen LogP contribution < -0.4 is 10.5 Å². The summed E-state index contributed by atoms with van der Waals surface area (Å²) in [5.41, 5.74) is 6.69. The molecule has 0 spiro atoms. The summed E-state index contributed by atoms with van der Waals surface area (Å²) < 4.78 is 5.55. The van der Waals surface area contributed by atoms with Crippen molar-refractivity contribution in [2.75, 3.05) is 32.0 Å². The summed E-state index contributed by atoms with van der Waals surface area (Å²) in [7, 11) is 0. The van der Waals surface area contributed by atoms with Gasteiger partial charge in [0.25, 0.3) is 0 Å². The summed E-state index contributed by atoms with van der Waals surface area (Å²) in [5, 5.41) is 10.0. The van der Waals surface area contributed by atoms with Crippen molar-refractivity contribution < 1.29 is 9.84 Å². The van der Waals surface area contributed by atoms with Crippen molar-refractivity contribution in [3.63, 3.8) is 0 Å². The fourth-order valence-electron chi connectivity index (χ4n) is 2.49. The lowest BCUT2D eigenvalue weighted by Crippen LogP contribution is -2.35. The van der Waals surface area contributed by atoms with Gasteiger partial charge in [-0.05, 0) is 42.6 Å². The first-order valence-electron chi connectivity index (χ1n) is 6.83. The number of anilines is 1. The van der Waals surface area contributed by atoms with Crippen LogP contribution >= 0.6 is 0 Å². The van der Waals surface area contributed by atoms with Crippen LogP contribution in [0.5, 0.6) is 5.75 Å². The van der Waals surface area contributed by atoms with Crippen LogP contribution in [0.15, 0.2) is 24.3 Å². The second kappa shape index (κ2) is 5.80. The van der Waals surface area contributed by atoms with E-state index in [1.807, 2.05) is 12.1 Å². The number of likely N-dealkylation sites (tertiary alicyclic amines) is 1. The summed E-state index contributed by atoms with van der Waals surface area (Å²) in [5.74, 6) is 0.745. The van der Waals surface area contributed by atoms with Crippen LogP contribution in [0.4, 0.5) is 5.69 Å². The third-order valence-electron chi connectivity index (χ3n) is 3.55. The minimum Gasteiger partial charge on any atom is -0.491 e. The van der Waals surface area contributed by atoms with E-state index in [1.54, 1.807) is 12.1 Å². The highest BCUT2D eigenvalue weighted by molar-refractivity contribution is 5.41. The molecular formula is C15H24N2O2. The number of benzene rings is 1. The molecule has 1 aliphatic heterocycles. The highest BCUT2D eigenvalue weighted by Gasteiger charge is 2.29. The molecule has 3 N–H and O–H groups in total. The molecule has 1 unspecified atom stereocenters. The molecule has 0 aromatic heterocycles. The highest BCUT2D eigenvalue weighted by Crippen LogP contribution is 2.28. The van der Waals surface area contributed by atoms with Gasteiger partial charge in [-0.15, -0.1) is 0 Å². The number of hydrogen-bond acceptors (Lipinski definition) is 4. The molecule has 1 aliphatic rings. The van der Waals surface area contributed by atoms with Gasteiger partial charge in [0.2, 0.25) is 0 Å². The number of aliphatic hydroxyl groups is 1. The lowest BCUT2D eigenvalue weighted by Gasteiger charge is -2.22. The molecule has 0 saturated carbocycles. The van der Waals surface area contributed by atoms with E-state index in [0.717, 1.165) is 18.8 Å². The van der Waals surface area contributed by atoms with E-state index in [9.17, 15) is 5.11 Å². The topological polar surface area (TPSA) is 58.7 Å². The first-order chi connectivity index (χ1) is 8.94. The van der Waals surface area contributed by atoms with E-state index in [2.05, 4.69) is 18.7 Å². The Bertz CT molecular complexity index is 403. The molecule has 0 aliphatic carbocycles. The van der Waals surface area contributed by atoms with Crippen molar-refractivity contribution in [2.24, 2.45) is 5.41 Å². The zero-order valence-corrected chi connectivity index (χ0v) is 11.8. The van der Waals surface area contributed by atoms with Crippen molar-refractivity contribution in [2.45, 2.75) is 26.4 Å². The van der Waals surface area contributed by atoms with Crippen molar-refractivity contribution in [1.82, 2.24) is 4.90 Å². The predicted octanol–water partition coefficient (Wildman–Crippen LogP) is 1.74. The molecule has 1 saturated heterocycles. The fraction of sp³-hybridized carbons (Fsp3) is 0.600.